The molecule has 0 amide bonds. The topological polar surface area (TPSA) is 45.7 Å². The van der Waals surface area contributed by atoms with Gasteiger partial charge >= 0.3 is 0 Å². The lowest BCUT2D eigenvalue weighted by Gasteiger charge is -2.12. The Bertz CT molecular complexity index is 249. The molecular weight excluding hydrogens is 385 g/mol. The van der Waals surface area contributed by atoms with Gasteiger partial charge in [0, 0.05) is 32.1 Å². The number of aliphatic imine (C=N–C) groups is 1. The van der Waals surface area contributed by atoms with E-state index >= 15 is 0 Å². The number of rotatable bonds is 9. The van der Waals surface area contributed by atoms with Crippen LogP contribution in [0.4, 0.5) is 0 Å². The molecule has 0 aliphatic carbocycles. The molecule has 0 saturated carbocycles. The summed E-state index contributed by atoms with van der Waals surface area (Å²) in [7, 11) is 1.76. The SMILES string of the molecule is CCNC(=NCC1CCCS1)NCCCCCOC.I. The Kier molecular flexibility index (Phi) is 14.5. The number of methoxy groups -OCH3 is 1. The zero-order valence-corrected chi connectivity index (χ0v) is 16.0. The molecule has 6 heteroatoms. The average molecular weight is 415 g/mol. The summed E-state index contributed by atoms with van der Waals surface area (Å²) in [5, 5.41) is 7.46. The Morgan fingerprint density at radius 2 is 2.15 bits per heavy atom. The first-order valence-electron chi connectivity index (χ1n) is 7.49. The van der Waals surface area contributed by atoms with Crippen LogP contribution in [0.25, 0.3) is 0 Å². The molecule has 1 atom stereocenters. The van der Waals surface area contributed by atoms with E-state index in [9.17, 15) is 0 Å². The first-order valence-corrected chi connectivity index (χ1v) is 8.54. The summed E-state index contributed by atoms with van der Waals surface area (Å²) in [6, 6.07) is 0. The number of hydrogen-bond acceptors (Lipinski definition) is 3. The number of unbranched alkanes of at least 4 members (excludes halogenated alkanes) is 2. The van der Waals surface area contributed by atoms with Crippen molar-refractivity contribution in [3.8, 4) is 0 Å². The van der Waals surface area contributed by atoms with Crippen molar-refractivity contribution in [2.45, 2.75) is 44.3 Å². The molecule has 1 saturated heterocycles. The summed E-state index contributed by atoms with van der Waals surface area (Å²) >= 11 is 2.06. The highest BCUT2D eigenvalue weighted by Gasteiger charge is 2.14. The fourth-order valence-electron chi connectivity index (χ4n) is 2.08. The fraction of sp³-hybridized carbons (Fsp3) is 0.929. The highest BCUT2D eigenvalue weighted by Crippen LogP contribution is 2.25. The van der Waals surface area contributed by atoms with Gasteiger partial charge in [-0.1, -0.05) is 0 Å². The zero-order valence-electron chi connectivity index (χ0n) is 12.8. The average Bonchev–Trinajstić information content (AvgIpc) is 2.93. The maximum absolute atomic E-state index is 5.04. The van der Waals surface area contributed by atoms with E-state index in [-0.39, 0.29) is 24.0 Å². The van der Waals surface area contributed by atoms with Crippen molar-refractivity contribution in [3.63, 3.8) is 0 Å². The van der Waals surface area contributed by atoms with Crippen LogP contribution in [0.15, 0.2) is 4.99 Å². The second-order valence-electron chi connectivity index (χ2n) is 4.83. The lowest BCUT2D eigenvalue weighted by molar-refractivity contribution is 0.192. The number of thioether (sulfide) groups is 1. The van der Waals surface area contributed by atoms with E-state index in [4.69, 9.17) is 4.74 Å². The molecule has 1 aliphatic heterocycles. The predicted octanol–water partition coefficient (Wildman–Crippen LogP) is 2.87. The van der Waals surface area contributed by atoms with Crippen molar-refractivity contribution in [1.82, 2.24) is 10.6 Å². The molecule has 1 aliphatic rings. The maximum atomic E-state index is 5.04. The van der Waals surface area contributed by atoms with Crippen molar-refractivity contribution >= 4 is 41.7 Å². The van der Waals surface area contributed by atoms with Crippen molar-refractivity contribution < 1.29 is 4.74 Å². The minimum atomic E-state index is 0. The van der Waals surface area contributed by atoms with Gasteiger partial charge in [-0.05, 0) is 44.8 Å². The molecule has 0 aromatic carbocycles. The van der Waals surface area contributed by atoms with Gasteiger partial charge in [-0.3, -0.25) is 4.99 Å². The van der Waals surface area contributed by atoms with Gasteiger partial charge in [0.05, 0.1) is 6.54 Å². The summed E-state index contributed by atoms with van der Waals surface area (Å²) in [6.45, 7) is 5.84. The Hall–Kier alpha value is 0.310. The largest absolute Gasteiger partial charge is 0.385 e. The second kappa shape index (κ2) is 14.3. The normalized spacial score (nSPS) is 18.7. The third kappa shape index (κ3) is 10.1. The molecule has 1 rings (SSSR count). The molecule has 0 radical (unpaired) electrons. The van der Waals surface area contributed by atoms with Crippen LogP contribution in [0.3, 0.4) is 0 Å². The van der Waals surface area contributed by atoms with E-state index in [2.05, 4.69) is 34.3 Å². The third-order valence-electron chi connectivity index (χ3n) is 3.14. The molecule has 0 spiro atoms. The molecule has 0 bridgehead atoms. The Labute approximate surface area is 145 Å². The van der Waals surface area contributed by atoms with Crippen LogP contribution in [0.5, 0.6) is 0 Å². The van der Waals surface area contributed by atoms with Crippen LogP contribution in [-0.4, -0.2) is 50.3 Å². The molecule has 20 heavy (non-hydrogen) atoms. The van der Waals surface area contributed by atoms with Crippen LogP contribution in [0, 0.1) is 0 Å². The van der Waals surface area contributed by atoms with Gasteiger partial charge in [0.25, 0.3) is 0 Å². The van der Waals surface area contributed by atoms with Crippen molar-refractivity contribution in [2.24, 2.45) is 4.99 Å². The third-order valence-corrected chi connectivity index (χ3v) is 4.52. The van der Waals surface area contributed by atoms with E-state index in [1.54, 1.807) is 7.11 Å². The number of guanidine groups is 1. The molecule has 4 nitrogen and oxygen atoms in total. The molecular formula is C14H30IN3OS. The second-order valence-corrected chi connectivity index (χ2v) is 6.24. The molecule has 0 aromatic rings. The number of nitrogens with zero attached hydrogens (tertiary/aromatic N) is 1. The molecule has 1 fully saturated rings. The fourth-order valence-corrected chi connectivity index (χ4v) is 3.26. The lowest BCUT2D eigenvalue weighted by Crippen LogP contribution is -2.38. The van der Waals surface area contributed by atoms with E-state index < -0.39 is 0 Å². The summed E-state index contributed by atoms with van der Waals surface area (Å²) in [5.41, 5.74) is 0. The van der Waals surface area contributed by atoms with Gasteiger partial charge in [0.1, 0.15) is 0 Å². The Balaban J connectivity index is 0.00000361. The lowest BCUT2D eigenvalue weighted by atomic mass is 10.2. The van der Waals surface area contributed by atoms with Crippen LogP contribution >= 0.6 is 35.7 Å². The minimum absolute atomic E-state index is 0. The summed E-state index contributed by atoms with van der Waals surface area (Å²) in [4.78, 5) is 4.68. The molecule has 1 unspecified atom stereocenters. The van der Waals surface area contributed by atoms with Crippen LogP contribution in [0.2, 0.25) is 0 Å². The van der Waals surface area contributed by atoms with Gasteiger partial charge < -0.3 is 15.4 Å². The molecule has 2 N–H and O–H groups in total. The standard InChI is InChI=1S/C14H29N3OS.HI/c1-3-15-14(16-9-5-4-6-10-18-2)17-12-13-8-7-11-19-13;/h13H,3-12H2,1-2H3,(H2,15,16,17);1H. The molecule has 0 aromatic heterocycles. The van der Waals surface area contributed by atoms with Crippen molar-refractivity contribution in [1.29, 1.82) is 0 Å². The van der Waals surface area contributed by atoms with Gasteiger partial charge in [0.2, 0.25) is 0 Å². The van der Waals surface area contributed by atoms with E-state index in [0.29, 0.717) is 0 Å². The number of ether oxygens (including phenoxy) is 1. The first-order chi connectivity index (χ1) is 9.36. The van der Waals surface area contributed by atoms with Gasteiger partial charge in [-0.15, -0.1) is 24.0 Å². The van der Waals surface area contributed by atoms with Crippen LogP contribution < -0.4 is 10.6 Å². The van der Waals surface area contributed by atoms with Crippen molar-refractivity contribution in [2.75, 3.05) is 39.1 Å². The number of hydrogen-bond donors (Lipinski definition) is 2. The van der Waals surface area contributed by atoms with Gasteiger partial charge in [-0.2, -0.15) is 11.8 Å². The van der Waals surface area contributed by atoms with Gasteiger partial charge in [-0.25, -0.2) is 0 Å². The highest BCUT2D eigenvalue weighted by atomic mass is 127. The van der Waals surface area contributed by atoms with E-state index in [1.165, 1.54) is 31.4 Å². The smallest absolute Gasteiger partial charge is 0.191 e. The summed E-state index contributed by atoms with van der Waals surface area (Å²) in [5.74, 6) is 2.28. The molecule has 1 heterocycles. The maximum Gasteiger partial charge on any atom is 0.191 e. The monoisotopic (exact) mass is 415 g/mol. The summed E-state index contributed by atoms with van der Waals surface area (Å²) < 4.78 is 5.04. The molecule has 120 valence electrons. The van der Waals surface area contributed by atoms with Crippen molar-refractivity contribution in [3.05, 3.63) is 0 Å². The Morgan fingerprint density at radius 1 is 1.30 bits per heavy atom. The van der Waals surface area contributed by atoms with Gasteiger partial charge in [0.15, 0.2) is 5.96 Å². The quantitative estimate of drug-likeness (QED) is 0.263. The minimum Gasteiger partial charge on any atom is -0.385 e. The Morgan fingerprint density at radius 3 is 2.80 bits per heavy atom. The van der Waals surface area contributed by atoms with E-state index in [1.807, 2.05) is 0 Å². The predicted molar refractivity (Wildman–Crippen MR) is 101 cm³/mol. The number of halogens is 1. The number of nitrogens with one attached hydrogen (secondary N) is 2. The zero-order chi connectivity index (χ0) is 13.8. The van der Waals surface area contributed by atoms with Crippen LogP contribution in [0.1, 0.15) is 39.0 Å². The van der Waals surface area contributed by atoms with Crippen LogP contribution in [-0.2, 0) is 4.74 Å². The first kappa shape index (κ1) is 20.3. The highest BCUT2D eigenvalue weighted by molar-refractivity contribution is 14.0. The summed E-state index contributed by atoms with van der Waals surface area (Å²) in [6.07, 6.45) is 6.20. The van der Waals surface area contributed by atoms with E-state index in [0.717, 1.165) is 43.9 Å².